The molecule has 4 nitrogen and oxygen atoms in total. The first-order chi connectivity index (χ1) is 11.7. The summed E-state index contributed by atoms with van der Waals surface area (Å²) in [5, 5.41) is 9.32. The monoisotopic (exact) mass is 318 g/mol. The van der Waals surface area contributed by atoms with Gasteiger partial charge < -0.3 is 9.42 Å². The van der Waals surface area contributed by atoms with Crippen LogP contribution in [-0.2, 0) is 0 Å². The maximum atomic E-state index is 11.7. The molecule has 3 aromatic carbocycles. The zero-order valence-corrected chi connectivity index (χ0v) is 13.7. The van der Waals surface area contributed by atoms with Gasteiger partial charge in [0, 0.05) is 35.3 Å². The van der Waals surface area contributed by atoms with Gasteiger partial charge >= 0.3 is 5.63 Å². The van der Waals surface area contributed by atoms with Crippen molar-refractivity contribution in [1.29, 1.82) is 0 Å². The summed E-state index contributed by atoms with van der Waals surface area (Å²) in [6.45, 7) is 6.17. The molecule has 24 heavy (non-hydrogen) atoms. The molecule has 4 heteroatoms. The maximum absolute atomic E-state index is 11.7. The Hall–Kier alpha value is -2.88. The molecule has 0 aliphatic carbocycles. The van der Waals surface area contributed by atoms with Crippen molar-refractivity contribution in [2.45, 2.75) is 13.8 Å². The molecule has 0 bridgehead atoms. The molecule has 4 aromatic rings. The Morgan fingerprint density at radius 3 is 2.50 bits per heavy atom. The second kappa shape index (κ2) is 5.64. The van der Waals surface area contributed by atoms with E-state index in [1.54, 1.807) is 0 Å². The van der Waals surface area contributed by atoms with Gasteiger partial charge in [-0.15, -0.1) is 0 Å². The predicted octanol–water partition coefficient (Wildman–Crippen LogP) is 4.34. The third-order valence-corrected chi connectivity index (χ3v) is 4.61. The summed E-state index contributed by atoms with van der Waals surface area (Å²) in [6, 6.07) is 16.0. The van der Waals surface area contributed by atoms with Gasteiger partial charge in [0.1, 0.15) is 5.52 Å². The minimum absolute atomic E-state index is 0.424. The van der Waals surface area contributed by atoms with Gasteiger partial charge in [0.25, 0.3) is 0 Å². The second-order valence-electron chi connectivity index (χ2n) is 5.86. The second-order valence-corrected chi connectivity index (χ2v) is 5.86. The third kappa shape index (κ3) is 2.14. The molecule has 0 fully saturated rings. The van der Waals surface area contributed by atoms with E-state index in [-0.39, 0.29) is 0 Å². The van der Waals surface area contributed by atoms with Crippen LogP contribution in [0.5, 0.6) is 0 Å². The molecule has 0 saturated carbocycles. The van der Waals surface area contributed by atoms with Crippen molar-refractivity contribution in [2.75, 3.05) is 18.0 Å². The molecule has 4 rings (SSSR count). The van der Waals surface area contributed by atoms with Crippen molar-refractivity contribution < 1.29 is 4.52 Å². The molecule has 0 atom stereocenters. The quantitative estimate of drug-likeness (QED) is 0.416. The van der Waals surface area contributed by atoms with Gasteiger partial charge in [-0.3, -0.25) is 0 Å². The van der Waals surface area contributed by atoms with Crippen LogP contribution >= 0.6 is 0 Å². The van der Waals surface area contributed by atoms with Gasteiger partial charge in [-0.25, -0.2) is 4.79 Å². The predicted molar refractivity (Wildman–Crippen MR) is 98.9 cm³/mol. The summed E-state index contributed by atoms with van der Waals surface area (Å²) in [5.74, 6) is 0. The first-order valence-corrected chi connectivity index (χ1v) is 8.23. The molecule has 0 aliphatic rings. The Kier molecular flexibility index (Phi) is 3.45. The van der Waals surface area contributed by atoms with E-state index in [0.717, 1.165) is 34.6 Å². The molecule has 1 aromatic heterocycles. The molecule has 0 spiro atoms. The van der Waals surface area contributed by atoms with Gasteiger partial charge in [0.15, 0.2) is 0 Å². The summed E-state index contributed by atoms with van der Waals surface area (Å²) >= 11 is 0. The van der Waals surface area contributed by atoms with Crippen molar-refractivity contribution in [2.24, 2.45) is 0 Å². The lowest BCUT2D eigenvalue weighted by molar-refractivity contribution is 0.382. The van der Waals surface area contributed by atoms with E-state index in [2.05, 4.69) is 54.2 Å². The van der Waals surface area contributed by atoms with Crippen molar-refractivity contribution in [3.63, 3.8) is 0 Å². The Balaban J connectivity index is 2.25. The average Bonchev–Trinajstić information content (AvgIpc) is 2.62. The van der Waals surface area contributed by atoms with Crippen LogP contribution in [0.3, 0.4) is 0 Å². The molecule has 1 heterocycles. The standard InChI is InChI=1S/C20H18N2O2/c1-3-22(4-2)20-14-8-6-5-7-13(14)11-16-15(20)9-10-18-17(16)12-19(23)24-21-18/h5-12H,3-4H2,1-2H3. The fourth-order valence-electron chi connectivity index (χ4n) is 3.48. The van der Waals surface area contributed by atoms with E-state index in [1.165, 1.54) is 17.1 Å². The Labute approximate surface area is 139 Å². The Bertz CT molecular complexity index is 1110. The van der Waals surface area contributed by atoms with Crippen LogP contribution in [0, 0.1) is 0 Å². The highest BCUT2D eigenvalue weighted by Gasteiger charge is 2.14. The fraction of sp³-hybridized carbons (Fsp3) is 0.200. The minimum atomic E-state index is -0.424. The lowest BCUT2D eigenvalue weighted by Crippen LogP contribution is -2.22. The number of fused-ring (bicyclic) bond motifs is 4. The topological polar surface area (TPSA) is 46.3 Å². The Morgan fingerprint density at radius 2 is 1.71 bits per heavy atom. The van der Waals surface area contributed by atoms with Crippen molar-refractivity contribution in [3.8, 4) is 0 Å². The Morgan fingerprint density at radius 1 is 0.917 bits per heavy atom. The number of hydrogen-bond donors (Lipinski definition) is 0. The van der Waals surface area contributed by atoms with Crippen LogP contribution in [0.15, 0.2) is 57.8 Å². The molecular weight excluding hydrogens is 300 g/mol. The van der Waals surface area contributed by atoms with E-state index in [0.29, 0.717) is 5.52 Å². The summed E-state index contributed by atoms with van der Waals surface area (Å²) in [7, 11) is 0. The number of rotatable bonds is 3. The normalized spacial score (nSPS) is 11.4. The number of benzene rings is 3. The van der Waals surface area contributed by atoms with Gasteiger partial charge in [-0.2, -0.15) is 0 Å². The zero-order chi connectivity index (χ0) is 16.7. The average molecular weight is 318 g/mol. The highest BCUT2D eigenvalue weighted by molar-refractivity contribution is 6.18. The van der Waals surface area contributed by atoms with Gasteiger partial charge in [-0.05, 0) is 42.8 Å². The van der Waals surface area contributed by atoms with Crippen LogP contribution in [0.1, 0.15) is 13.8 Å². The number of nitrogens with zero attached hydrogens (tertiary/aromatic N) is 2. The van der Waals surface area contributed by atoms with E-state index in [9.17, 15) is 4.79 Å². The minimum Gasteiger partial charge on any atom is -0.371 e. The molecule has 0 aliphatic heterocycles. The first kappa shape index (κ1) is 14.7. The zero-order valence-electron chi connectivity index (χ0n) is 13.7. The molecule has 0 amide bonds. The molecule has 0 radical (unpaired) electrons. The fourth-order valence-corrected chi connectivity index (χ4v) is 3.48. The van der Waals surface area contributed by atoms with E-state index >= 15 is 0 Å². The van der Waals surface area contributed by atoms with Crippen LogP contribution in [0.4, 0.5) is 5.69 Å². The summed E-state index contributed by atoms with van der Waals surface area (Å²) < 4.78 is 4.78. The summed E-state index contributed by atoms with van der Waals surface area (Å²) in [4.78, 5) is 14.0. The smallest absolute Gasteiger partial charge is 0.359 e. The van der Waals surface area contributed by atoms with Crippen LogP contribution in [-0.4, -0.2) is 18.2 Å². The molecular formula is C20H18N2O2. The number of aromatic nitrogens is 1. The number of hydrogen-bond acceptors (Lipinski definition) is 4. The van der Waals surface area contributed by atoms with Gasteiger partial charge in [-0.1, -0.05) is 29.4 Å². The first-order valence-electron chi connectivity index (χ1n) is 8.23. The van der Waals surface area contributed by atoms with E-state index in [1.807, 2.05) is 12.1 Å². The van der Waals surface area contributed by atoms with Crippen LogP contribution in [0.2, 0.25) is 0 Å². The lowest BCUT2D eigenvalue weighted by Gasteiger charge is -2.25. The summed E-state index contributed by atoms with van der Waals surface area (Å²) in [6.07, 6.45) is 0. The summed E-state index contributed by atoms with van der Waals surface area (Å²) in [5.41, 5.74) is 1.48. The lowest BCUT2D eigenvalue weighted by atomic mass is 9.97. The van der Waals surface area contributed by atoms with Crippen molar-refractivity contribution in [3.05, 3.63) is 59.0 Å². The maximum Gasteiger partial charge on any atom is 0.359 e. The largest absolute Gasteiger partial charge is 0.371 e. The highest BCUT2D eigenvalue weighted by Crippen LogP contribution is 2.38. The van der Waals surface area contributed by atoms with Crippen molar-refractivity contribution in [1.82, 2.24) is 5.16 Å². The highest BCUT2D eigenvalue weighted by atomic mass is 16.5. The van der Waals surface area contributed by atoms with E-state index in [4.69, 9.17) is 4.52 Å². The van der Waals surface area contributed by atoms with E-state index < -0.39 is 5.63 Å². The third-order valence-electron chi connectivity index (χ3n) is 4.61. The van der Waals surface area contributed by atoms with Crippen LogP contribution < -0.4 is 10.5 Å². The molecule has 0 unspecified atom stereocenters. The molecule has 120 valence electrons. The van der Waals surface area contributed by atoms with Crippen molar-refractivity contribution >= 4 is 38.1 Å². The molecule has 0 saturated heterocycles. The van der Waals surface area contributed by atoms with Crippen LogP contribution in [0.25, 0.3) is 32.4 Å². The molecule has 0 N–H and O–H groups in total. The van der Waals surface area contributed by atoms with Gasteiger partial charge in [0.2, 0.25) is 0 Å². The SMILES string of the molecule is CCN(CC)c1c2ccccc2cc2c1ccc1noc(=O)cc12. The van der Waals surface area contributed by atoms with Gasteiger partial charge in [0.05, 0.1) is 5.69 Å². The number of anilines is 1.